The van der Waals surface area contributed by atoms with Crippen molar-refractivity contribution in [2.45, 2.75) is 23.1 Å². The van der Waals surface area contributed by atoms with E-state index in [1.54, 1.807) is 11.8 Å². The number of amides is 1. The van der Waals surface area contributed by atoms with Crippen LogP contribution in [0.25, 0.3) is 0 Å². The summed E-state index contributed by atoms with van der Waals surface area (Å²) >= 11 is 5.40. The Labute approximate surface area is 124 Å². The van der Waals surface area contributed by atoms with E-state index in [4.69, 9.17) is 4.74 Å². The number of benzene rings is 1. The van der Waals surface area contributed by atoms with Crippen LogP contribution in [0, 0.1) is 0 Å². The van der Waals surface area contributed by atoms with Gasteiger partial charge in [-0.1, -0.05) is 6.92 Å². The number of ether oxygens (including phenoxy) is 1. The normalized spacial score (nSPS) is 22.0. The zero-order valence-corrected chi connectivity index (χ0v) is 12.9. The summed E-state index contributed by atoms with van der Waals surface area (Å²) in [5.74, 6) is 0.0258. The van der Waals surface area contributed by atoms with Crippen LogP contribution in [0.15, 0.2) is 21.5 Å². The molecule has 102 valence electrons. The first-order chi connectivity index (χ1) is 9.19. The van der Waals surface area contributed by atoms with Crippen molar-refractivity contribution < 1.29 is 9.53 Å². The molecular weight excluding hydrogens is 328 g/mol. The van der Waals surface area contributed by atoms with Gasteiger partial charge in [-0.25, -0.2) is 0 Å². The first-order valence-electron chi connectivity index (χ1n) is 6.31. The van der Waals surface area contributed by atoms with Crippen LogP contribution in [0.2, 0.25) is 0 Å². The van der Waals surface area contributed by atoms with E-state index < -0.39 is 0 Å². The van der Waals surface area contributed by atoms with Crippen LogP contribution in [0.4, 0.5) is 5.69 Å². The highest BCUT2D eigenvalue weighted by atomic mass is 79.9. The highest BCUT2D eigenvalue weighted by Crippen LogP contribution is 2.41. The molecule has 1 unspecified atom stereocenters. The molecule has 1 aromatic carbocycles. The Morgan fingerprint density at radius 1 is 1.53 bits per heavy atom. The third kappa shape index (κ3) is 2.54. The Hall–Kier alpha value is -0.560. The van der Waals surface area contributed by atoms with E-state index in [1.165, 1.54) is 0 Å². The van der Waals surface area contributed by atoms with Crippen molar-refractivity contribution in [3.63, 3.8) is 0 Å². The van der Waals surface area contributed by atoms with Crippen LogP contribution >= 0.6 is 27.7 Å². The monoisotopic (exact) mass is 342 g/mol. The molecule has 0 spiro atoms. The number of likely N-dealkylation sites (N-methyl/N-ethyl adjacent to an activating group) is 1. The van der Waals surface area contributed by atoms with Crippen molar-refractivity contribution in [3.05, 3.63) is 22.2 Å². The maximum Gasteiger partial charge on any atom is 0.246 e. The SMILES string of the molecule is CCNC1C(=O)Nc2cc(SC3COC3)c(Br)cc21. The summed E-state index contributed by atoms with van der Waals surface area (Å²) in [4.78, 5) is 13.1. The molecule has 1 aromatic rings. The van der Waals surface area contributed by atoms with Crippen LogP contribution in [0.5, 0.6) is 0 Å². The molecule has 2 aliphatic rings. The first-order valence-corrected chi connectivity index (χ1v) is 7.98. The molecule has 0 radical (unpaired) electrons. The van der Waals surface area contributed by atoms with Gasteiger partial charge < -0.3 is 15.4 Å². The quantitative estimate of drug-likeness (QED) is 0.882. The Morgan fingerprint density at radius 2 is 2.32 bits per heavy atom. The third-order valence-corrected chi connectivity index (χ3v) is 5.36. The maximum atomic E-state index is 11.9. The van der Waals surface area contributed by atoms with Gasteiger partial charge in [0.25, 0.3) is 0 Å². The van der Waals surface area contributed by atoms with Crippen LogP contribution < -0.4 is 10.6 Å². The number of nitrogens with one attached hydrogen (secondary N) is 2. The van der Waals surface area contributed by atoms with Gasteiger partial charge in [0.2, 0.25) is 5.91 Å². The van der Waals surface area contributed by atoms with E-state index >= 15 is 0 Å². The lowest BCUT2D eigenvalue weighted by Crippen LogP contribution is -2.30. The average Bonchev–Trinajstić information content (AvgIpc) is 2.61. The predicted molar refractivity (Wildman–Crippen MR) is 79.7 cm³/mol. The molecule has 2 N–H and O–H groups in total. The van der Waals surface area contributed by atoms with Gasteiger partial charge in [0.15, 0.2) is 0 Å². The van der Waals surface area contributed by atoms with Gasteiger partial charge >= 0.3 is 0 Å². The number of fused-ring (bicyclic) bond motifs is 1. The number of anilines is 1. The largest absolute Gasteiger partial charge is 0.379 e. The Kier molecular flexibility index (Phi) is 3.84. The lowest BCUT2D eigenvalue weighted by atomic mass is 10.1. The summed E-state index contributed by atoms with van der Waals surface area (Å²) < 4.78 is 6.23. The zero-order chi connectivity index (χ0) is 13.4. The van der Waals surface area contributed by atoms with Crippen LogP contribution in [-0.4, -0.2) is 30.9 Å². The van der Waals surface area contributed by atoms with Crippen molar-refractivity contribution in [2.24, 2.45) is 0 Å². The number of hydrogen-bond donors (Lipinski definition) is 2. The topological polar surface area (TPSA) is 50.4 Å². The molecule has 19 heavy (non-hydrogen) atoms. The summed E-state index contributed by atoms with van der Waals surface area (Å²) in [5.41, 5.74) is 1.94. The minimum atomic E-state index is -0.234. The molecule has 0 bridgehead atoms. The van der Waals surface area contributed by atoms with Gasteiger partial charge in [-0.3, -0.25) is 4.79 Å². The molecule has 3 rings (SSSR count). The molecule has 6 heteroatoms. The second kappa shape index (κ2) is 5.44. The van der Waals surface area contributed by atoms with Crippen LogP contribution in [0.3, 0.4) is 0 Å². The maximum absolute atomic E-state index is 11.9. The lowest BCUT2D eigenvalue weighted by molar-refractivity contribution is -0.117. The van der Waals surface area contributed by atoms with Gasteiger partial charge in [0.1, 0.15) is 6.04 Å². The molecule has 2 aliphatic heterocycles. The summed E-state index contributed by atoms with van der Waals surface area (Å²) in [6.45, 7) is 4.38. The zero-order valence-electron chi connectivity index (χ0n) is 10.5. The second-order valence-electron chi connectivity index (χ2n) is 4.63. The molecular formula is C13H15BrN2O2S. The third-order valence-electron chi connectivity index (χ3n) is 3.24. The molecule has 1 amide bonds. The molecule has 1 atom stereocenters. The fourth-order valence-electron chi connectivity index (χ4n) is 2.22. The second-order valence-corrected chi connectivity index (χ2v) is 6.82. The first kappa shape index (κ1) is 13.4. The fraction of sp³-hybridized carbons (Fsp3) is 0.462. The Balaban J connectivity index is 1.87. The molecule has 0 aromatic heterocycles. The standard InChI is InChI=1S/C13H15BrN2O2S/c1-2-15-12-8-3-9(14)11(19-7-5-18-6-7)4-10(8)16-13(12)17/h3-4,7,12,15H,2,5-6H2,1H3,(H,16,17). The van der Waals surface area contributed by atoms with E-state index in [-0.39, 0.29) is 11.9 Å². The smallest absolute Gasteiger partial charge is 0.246 e. The number of halogens is 1. The number of carbonyl (C=O) groups is 1. The van der Waals surface area contributed by atoms with E-state index in [0.29, 0.717) is 5.25 Å². The predicted octanol–water partition coefficient (Wildman–Crippen LogP) is 2.54. The van der Waals surface area contributed by atoms with E-state index in [9.17, 15) is 4.79 Å². The van der Waals surface area contributed by atoms with Crippen LogP contribution in [0.1, 0.15) is 18.5 Å². The van der Waals surface area contributed by atoms with E-state index in [1.807, 2.05) is 13.0 Å². The molecule has 4 nitrogen and oxygen atoms in total. The Bertz CT molecular complexity index is 520. The highest BCUT2D eigenvalue weighted by Gasteiger charge is 2.31. The van der Waals surface area contributed by atoms with Crippen molar-refractivity contribution in [1.82, 2.24) is 5.32 Å². The lowest BCUT2D eigenvalue weighted by Gasteiger charge is -2.25. The minimum absolute atomic E-state index is 0.0258. The van der Waals surface area contributed by atoms with E-state index in [0.717, 1.165) is 40.4 Å². The summed E-state index contributed by atoms with van der Waals surface area (Å²) in [5, 5.41) is 6.67. The fourth-order valence-corrected chi connectivity index (χ4v) is 3.91. The molecule has 0 aliphatic carbocycles. The van der Waals surface area contributed by atoms with Crippen LogP contribution in [-0.2, 0) is 9.53 Å². The summed E-state index contributed by atoms with van der Waals surface area (Å²) in [6, 6.07) is 3.86. The van der Waals surface area contributed by atoms with E-state index in [2.05, 4.69) is 32.6 Å². The summed E-state index contributed by atoms with van der Waals surface area (Å²) in [7, 11) is 0. The van der Waals surface area contributed by atoms with Crippen molar-refractivity contribution in [3.8, 4) is 0 Å². The number of hydrogen-bond acceptors (Lipinski definition) is 4. The minimum Gasteiger partial charge on any atom is -0.379 e. The Morgan fingerprint density at radius 3 is 2.95 bits per heavy atom. The molecule has 1 saturated heterocycles. The number of rotatable bonds is 4. The van der Waals surface area contributed by atoms with Gasteiger partial charge in [-0.2, -0.15) is 0 Å². The van der Waals surface area contributed by atoms with Gasteiger partial charge in [0, 0.05) is 20.6 Å². The number of carbonyl (C=O) groups excluding carboxylic acids is 1. The van der Waals surface area contributed by atoms with Crippen molar-refractivity contribution in [2.75, 3.05) is 25.1 Å². The average molecular weight is 343 g/mol. The molecule has 2 heterocycles. The summed E-state index contributed by atoms with van der Waals surface area (Å²) in [6.07, 6.45) is 0. The van der Waals surface area contributed by atoms with Gasteiger partial charge in [-0.05, 0) is 34.6 Å². The van der Waals surface area contributed by atoms with Crippen molar-refractivity contribution >= 4 is 39.3 Å². The number of thioether (sulfide) groups is 1. The van der Waals surface area contributed by atoms with Crippen molar-refractivity contribution in [1.29, 1.82) is 0 Å². The van der Waals surface area contributed by atoms with Gasteiger partial charge in [-0.15, -0.1) is 11.8 Å². The van der Waals surface area contributed by atoms with Gasteiger partial charge in [0.05, 0.1) is 18.5 Å². The molecule has 0 saturated carbocycles. The highest BCUT2D eigenvalue weighted by molar-refractivity contribution is 9.10. The molecule has 1 fully saturated rings.